The van der Waals surface area contributed by atoms with Gasteiger partial charge in [-0.05, 0) is 32.1 Å². The van der Waals surface area contributed by atoms with E-state index in [0.717, 1.165) is 38.9 Å². The molecule has 1 aliphatic rings. The van der Waals surface area contributed by atoms with Gasteiger partial charge in [-0.1, -0.05) is 13.3 Å². The second kappa shape index (κ2) is 4.78. The SMILES string of the molecule is CCCC(C)(C(=O)O)C1CCOCC1. The summed E-state index contributed by atoms with van der Waals surface area (Å²) in [4.78, 5) is 11.3. The first-order valence-corrected chi connectivity index (χ1v) is 5.42. The minimum Gasteiger partial charge on any atom is -0.481 e. The lowest BCUT2D eigenvalue weighted by Gasteiger charge is -2.36. The first-order chi connectivity index (χ1) is 6.61. The fourth-order valence-corrected chi connectivity index (χ4v) is 2.34. The summed E-state index contributed by atoms with van der Waals surface area (Å²) in [6.45, 7) is 5.36. The van der Waals surface area contributed by atoms with Crippen LogP contribution in [0.4, 0.5) is 0 Å². The van der Waals surface area contributed by atoms with Gasteiger partial charge < -0.3 is 9.84 Å². The number of carboxylic acids is 1. The lowest BCUT2D eigenvalue weighted by atomic mass is 9.70. The van der Waals surface area contributed by atoms with E-state index in [2.05, 4.69) is 0 Å². The van der Waals surface area contributed by atoms with Crippen LogP contribution in [0.2, 0.25) is 0 Å². The highest BCUT2D eigenvalue weighted by Gasteiger charge is 2.40. The predicted molar refractivity (Wildman–Crippen MR) is 54.2 cm³/mol. The van der Waals surface area contributed by atoms with Crippen LogP contribution in [0.15, 0.2) is 0 Å². The number of carbonyl (C=O) groups is 1. The molecule has 0 aromatic rings. The van der Waals surface area contributed by atoms with Crippen molar-refractivity contribution in [2.24, 2.45) is 11.3 Å². The van der Waals surface area contributed by atoms with Gasteiger partial charge in [0.2, 0.25) is 0 Å². The summed E-state index contributed by atoms with van der Waals surface area (Å²) in [7, 11) is 0. The molecular formula is C11H20O3. The van der Waals surface area contributed by atoms with Crippen LogP contribution in [0.1, 0.15) is 39.5 Å². The Bertz CT molecular complexity index is 197. The summed E-state index contributed by atoms with van der Waals surface area (Å²) in [5.41, 5.74) is -0.543. The number of carboxylic acid groups (broad SMARTS) is 1. The van der Waals surface area contributed by atoms with Gasteiger partial charge in [0.1, 0.15) is 0 Å². The first kappa shape index (κ1) is 11.5. The van der Waals surface area contributed by atoms with E-state index in [1.807, 2.05) is 13.8 Å². The summed E-state index contributed by atoms with van der Waals surface area (Å²) in [6, 6.07) is 0. The molecule has 0 aliphatic carbocycles. The van der Waals surface area contributed by atoms with Crippen molar-refractivity contribution in [3.05, 3.63) is 0 Å². The van der Waals surface area contributed by atoms with E-state index in [-0.39, 0.29) is 5.92 Å². The number of hydrogen-bond donors (Lipinski definition) is 1. The first-order valence-electron chi connectivity index (χ1n) is 5.42. The Morgan fingerprint density at radius 2 is 2.07 bits per heavy atom. The quantitative estimate of drug-likeness (QED) is 0.757. The van der Waals surface area contributed by atoms with Gasteiger partial charge in [0.15, 0.2) is 0 Å². The highest BCUT2D eigenvalue weighted by Crippen LogP contribution is 2.38. The summed E-state index contributed by atoms with van der Waals surface area (Å²) in [5, 5.41) is 9.28. The lowest BCUT2D eigenvalue weighted by Crippen LogP contribution is -2.38. The van der Waals surface area contributed by atoms with Crippen molar-refractivity contribution in [3.63, 3.8) is 0 Å². The standard InChI is InChI=1S/C11H20O3/c1-3-6-11(2,10(12)13)9-4-7-14-8-5-9/h9H,3-8H2,1-2H3,(H,12,13). The fraction of sp³-hybridized carbons (Fsp3) is 0.909. The maximum atomic E-state index is 11.3. The van der Waals surface area contributed by atoms with Crippen LogP contribution in [0.3, 0.4) is 0 Å². The van der Waals surface area contributed by atoms with Crippen molar-refractivity contribution in [1.82, 2.24) is 0 Å². The predicted octanol–water partition coefficient (Wildman–Crippen LogP) is 2.30. The van der Waals surface area contributed by atoms with Gasteiger partial charge in [-0.25, -0.2) is 0 Å². The molecule has 1 saturated heterocycles. The van der Waals surface area contributed by atoms with Crippen molar-refractivity contribution in [2.45, 2.75) is 39.5 Å². The normalized spacial score (nSPS) is 23.0. The van der Waals surface area contributed by atoms with E-state index in [1.165, 1.54) is 0 Å². The minimum atomic E-state index is -0.647. The highest BCUT2D eigenvalue weighted by molar-refractivity contribution is 5.74. The van der Waals surface area contributed by atoms with E-state index in [9.17, 15) is 9.90 Å². The molecule has 3 nitrogen and oxygen atoms in total. The van der Waals surface area contributed by atoms with Crippen LogP contribution in [0.5, 0.6) is 0 Å². The average molecular weight is 200 g/mol. The number of aliphatic carboxylic acids is 1. The van der Waals surface area contributed by atoms with Crippen molar-refractivity contribution < 1.29 is 14.6 Å². The van der Waals surface area contributed by atoms with E-state index >= 15 is 0 Å². The molecule has 1 aliphatic heterocycles. The molecule has 0 bridgehead atoms. The van der Waals surface area contributed by atoms with Crippen molar-refractivity contribution in [3.8, 4) is 0 Å². The van der Waals surface area contributed by atoms with Crippen molar-refractivity contribution >= 4 is 5.97 Å². The molecule has 1 N–H and O–H groups in total. The molecule has 82 valence electrons. The third kappa shape index (κ3) is 2.27. The number of rotatable bonds is 4. The maximum absolute atomic E-state index is 11.3. The van der Waals surface area contributed by atoms with E-state index in [1.54, 1.807) is 0 Å². The topological polar surface area (TPSA) is 46.5 Å². The average Bonchev–Trinajstić information content (AvgIpc) is 2.19. The lowest BCUT2D eigenvalue weighted by molar-refractivity contribution is -0.154. The van der Waals surface area contributed by atoms with Crippen LogP contribution in [0.25, 0.3) is 0 Å². The highest BCUT2D eigenvalue weighted by atomic mass is 16.5. The summed E-state index contributed by atoms with van der Waals surface area (Å²) >= 11 is 0. The molecular weight excluding hydrogens is 180 g/mol. The third-order valence-electron chi connectivity index (χ3n) is 3.38. The Hall–Kier alpha value is -0.570. The van der Waals surface area contributed by atoms with Crippen LogP contribution in [0, 0.1) is 11.3 Å². The summed E-state index contributed by atoms with van der Waals surface area (Å²) in [6.07, 6.45) is 3.48. The van der Waals surface area contributed by atoms with Gasteiger partial charge in [-0.3, -0.25) is 4.79 Å². The van der Waals surface area contributed by atoms with E-state index in [0.29, 0.717) is 0 Å². The largest absolute Gasteiger partial charge is 0.481 e. The summed E-state index contributed by atoms with van der Waals surface area (Å²) in [5.74, 6) is -0.361. The minimum absolute atomic E-state index is 0.286. The number of ether oxygens (including phenoxy) is 1. The van der Waals surface area contributed by atoms with Crippen LogP contribution >= 0.6 is 0 Å². The van der Waals surface area contributed by atoms with Gasteiger partial charge in [0.05, 0.1) is 5.41 Å². The zero-order valence-electron chi connectivity index (χ0n) is 9.08. The Balaban J connectivity index is 2.69. The van der Waals surface area contributed by atoms with Crippen molar-refractivity contribution in [1.29, 1.82) is 0 Å². The molecule has 0 aromatic carbocycles. The molecule has 14 heavy (non-hydrogen) atoms. The van der Waals surface area contributed by atoms with Crippen LogP contribution in [-0.4, -0.2) is 24.3 Å². The van der Waals surface area contributed by atoms with Gasteiger partial charge >= 0.3 is 5.97 Å². The maximum Gasteiger partial charge on any atom is 0.309 e. The molecule has 0 spiro atoms. The zero-order valence-corrected chi connectivity index (χ0v) is 9.08. The molecule has 0 radical (unpaired) electrons. The molecule has 1 fully saturated rings. The second-order valence-corrected chi connectivity index (χ2v) is 4.36. The van der Waals surface area contributed by atoms with Gasteiger partial charge in [-0.15, -0.1) is 0 Å². The van der Waals surface area contributed by atoms with Gasteiger partial charge in [-0.2, -0.15) is 0 Å². The Morgan fingerprint density at radius 1 is 1.50 bits per heavy atom. The fourth-order valence-electron chi connectivity index (χ4n) is 2.34. The Kier molecular flexibility index (Phi) is 3.93. The molecule has 3 heteroatoms. The molecule has 1 atom stereocenters. The molecule has 1 rings (SSSR count). The van der Waals surface area contributed by atoms with Crippen LogP contribution < -0.4 is 0 Å². The van der Waals surface area contributed by atoms with E-state index in [4.69, 9.17) is 4.74 Å². The molecule has 1 heterocycles. The van der Waals surface area contributed by atoms with Crippen molar-refractivity contribution in [2.75, 3.05) is 13.2 Å². The third-order valence-corrected chi connectivity index (χ3v) is 3.38. The van der Waals surface area contributed by atoms with E-state index < -0.39 is 11.4 Å². The van der Waals surface area contributed by atoms with Crippen LogP contribution in [-0.2, 0) is 9.53 Å². The van der Waals surface area contributed by atoms with Gasteiger partial charge in [0.25, 0.3) is 0 Å². The summed E-state index contributed by atoms with van der Waals surface area (Å²) < 4.78 is 5.26. The molecule has 0 aromatic heterocycles. The van der Waals surface area contributed by atoms with Gasteiger partial charge in [0, 0.05) is 13.2 Å². The zero-order chi connectivity index (χ0) is 10.6. The molecule has 0 saturated carbocycles. The smallest absolute Gasteiger partial charge is 0.309 e. The second-order valence-electron chi connectivity index (χ2n) is 4.36. The monoisotopic (exact) mass is 200 g/mol. The Labute approximate surface area is 85.5 Å². The Morgan fingerprint density at radius 3 is 2.50 bits per heavy atom. The molecule has 1 unspecified atom stereocenters. The molecule has 0 amide bonds. The number of hydrogen-bond acceptors (Lipinski definition) is 2.